The maximum absolute atomic E-state index is 13.3. The molecule has 0 aliphatic carbocycles. The Bertz CT molecular complexity index is 945. The van der Waals surface area contributed by atoms with Crippen LogP contribution in [0.5, 0.6) is 0 Å². The van der Waals surface area contributed by atoms with Crippen LogP contribution in [0.2, 0.25) is 0 Å². The van der Waals surface area contributed by atoms with Crippen LogP contribution in [-0.4, -0.2) is 26.6 Å². The maximum atomic E-state index is 13.3. The van der Waals surface area contributed by atoms with E-state index >= 15 is 0 Å². The Hall–Kier alpha value is -2.48. The average Bonchev–Trinajstić information content (AvgIpc) is 2.53. The van der Waals surface area contributed by atoms with Crippen LogP contribution >= 0.6 is 0 Å². The normalized spacial score (nSPS) is 12.5. The van der Waals surface area contributed by atoms with Crippen LogP contribution in [0.15, 0.2) is 36.4 Å². The van der Waals surface area contributed by atoms with Gasteiger partial charge in [-0.05, 0) is 50.1 Å². The molecule has 0 saturated heterocycles. The molecule has 0 radical (unpaired) electrons. The lowest BCUT2D eigenvalue weighted by Crippen LogP contribution is -2.45. The van der Waals surface area contributed by atoms with Crippen molar-refractivity contribution in [2.45, 2.75) is 26.8 Å². The molecule has 0 saturated carbocycles. The Balaban J connectivity index is 2.37. The number of rotatable bonds is 5. The summed E-state index contributed by atoms with van der Waals surface area (Å²) in [7, 11) is -3.77. The van der Waals surface area contributed by atoms with Crippen LogP contribution in [0.4, 0.5) is 20.2 Å². The highest BCUT2D eigenvalue weighted by Crippen LogP contribution is 2.26. The van der Waals surface area contributed by atoms with Crippen molar-refractivity contribution < 1.29 is 22.0 Å². The number of nitrogens with zero attached hydrogens (tertiary/aromatic N) is 1. The first-order valence-corrected chi connectivity index (χ1v) is 9.68. The van der Waals surface area contributed by atoms with Crippen molar-refractivity contribution in [3.63, 3.8) is 0 Å². The minimum absolute atomic E-state index is 0.0372. The van der Waals surface area contributed by atoms with Crippen LogP contribution in [0.25, 0.3) is 0 Å². The summed E-state index contributed by atoms with van der Waals surface area (Å²) in [6, 6.07) is 7.10. The minimum Gasteiger partial charge on any atom is -0.324 e. The Morgan fingerprint density at radius 2 is 1.73 bits per heavy atom. The SMILES string of the molecule is Cc1ccc(C)c(N([C@@H](C)C(=O)Nc2ccc(F)c(F)c2)S(C)(=O)=O)c1. The fourth-order valence-corrected chi connectivity index (χ4v) is 3.78. The molecule has 2 aromatic carbocycles. The molecule has 2 rings (SSSR count). The minimum atomic E-state index is -3.77. The molecular formula is C18H20F2N2O3S. The van der Waals surface area contributed by atoms with E-state index in [0.29, 0.717) is 11.3 Å². The number of carbonyl (C=O) groups excluding carboxylic acids is 1. The first-order valence-electron chi connectivity index (χ1n) is 7.83. The third-order valence-corrected chi connectivity index (χ3v) is 5.11. The Morgan fingerprint density at radius 3 is 2.31 bits per heavy atom. The second kappa shape index (κ2) is 7.41. The van der Waals surface area contributed by atoms with E-state index in [2.05, 4.69) is 5.32 Å². The van der Waals surface area contributed by atoms with E-state index in [1.807, 2.05) is 13.0 Å². The van der Waals surface area contributed by atoms with Gasteiger partial charge in [-0.1, -0.05) is 12.1 Å². The van der Waals surface area contributed by atoms with Gasteiger partial charge in [-0.15, -0.1) is 0 Å². The molecule has 0 fully saturated rings. The number of hydrogen-bond donors (Lipinski definition) is 1. The first kappa shape index (κ1) is 19.8. The average molecular weight is 382 g/mol. The molecule has 1 N–H and O–H groups in total. The lowest BCUT2D eigenvalue weighted by atomic mass is 10.1. The van der Waals surface area contributed by atoms with Gasteiger partial charge in [-0.3, -0.25) is 9.10 Å². The van der Waals surface area contributed by atoms with Crippen molar-refractivity contribution in [2.75, 3.05) is 15.9 Å². The summed E-state index contributed by atoms with van der Waals surface area (Å²) >= 11 is 0. The zero-order valence-electron chi connectivity index (χ0n) is 14.9. The van der Waals surface area contributed by atoms with Crippen LogP contribution in [0.1, 0.15) is 18.1 Å². The monoisotopic (exact) mass is 382 g/mol. The fourth-order valence-electron chi connectivity index (χ4n) is 2.56. The molecule has 0 heterocycles. The highest BCUT2D eigenvalue weighted by molar-refractivity contribution is 7.92. The van der Waals surface area contributed by atoms with Gasteiger partial charge in [0.15, 0.2) is 11.6 Å². The van der Waals surface area contributed by atoms with Gasteiger partial charge in [-0.2, -0.15) is 0 Å². The predicted octanol–water partition coefficient (Wildman–Crippen LogP) is 3.37. The molecule has 1 atom stereocenters. The van der Waals surface area contributed by atoms with Crippen molar-refractivity contribution in [1.29, 1.82) is 0 Å². The largest absolute Gasteiger partial charge is 0.324 e. The number of sulfonamides is 1. The summed E-state index contributed by atoms with van der Waals surface area (Å²) in [5, 5.41) is 2.41. The molecular weight excluding hydrogens is 362 g/mol. The van der Waals surface area contributed by atoms with Crippen molar-refractivity contribution in [3.05, 3.63) is 59.2 Å². The van der Waals surface area contributed by atoms with Crippen LogP contribution in [-0.2, 0) is 14.8 Å². The second-order valence-corrected chi connectivity index (χ2v) is 8.00. The predicted molar refractivity (Wildman–Crippen MR) is 97.7 cm³/mol. The topological polar surface area (TPSA) is 66.5 Å². The van der Waals surface area contributed by atoms with Gasteiger partial charge in [0.1, 0.15) is 6.04 Å². The van der Waals surface area contributed by atoms with E-state index in [4.69, 9.17) is 0 Å². The summed E-state index contributed by atoms with van der Waals surface area (Å²) < 4.78 is 52.0. The van der Waals surface area contributed by atoms with Gasteiger partial charge in [0.25, 0.3) is 0 Å². The summed E-state index contributed by atoms with van der Waals surface area (Å²) in [4.78, 5) is 12.5. The molecule has 5 nitrogen and oxygen atoms in total. The van der Waals surface area contributed by atoms with Gasteiger partial charge in [0.05, 0.1) is 11.9 Å². The van der Waals surface area contributed by atoms with Crippen LogP contribution in [0.3, 0.4) is 0 Å². The van der Waals surface area contributed by atoms with Gasteiger partial charge in [-0.25, -0.2) is 17.2 Å². The maximum Gasteiger partial charge on any atom is 0.247 e. The quantitative estimate of drug-likeness (QED) is 0.862. The molecule has 0 aliphatic heterocycles. The molecule has 0 aliphatic rings. The molecule has 0 unspecified atom stereocenters. The van der Waals surface area contributed by atoms with Gasteiger partial charge < -0.3 is 5.32 Å². The van der Waals surface area contributed by atoms with E-state index in [9.17, 15) is 22.0 Å². The number of nitrogens with one attached hydrogen (secondary N) is 1. The number of anilines is 2. The van der Waals surface area contributed by atoms with E-state index in [1.54, 1.807) is 19.1 Å². The summed E-state index contributed by atoms with van der Waals surface area (Å²) in [5.74, 6) is -2.81. The summed E-state index contributed by atoms with van der Waals surface area (Å²) in [5.41, 5.74) is 1.96. The molecule has 140 valence electrons. The summed E-state index contributed by atoms with van der Waals surface area (Å²) in [6.45, 7) is 4.99. The lowest BCUT2D eigenvalue weighted by molar-refractivity contribution is -0.116. The van der Waals surface area contributed by atoms with Crippen LogP contribution < -0.4 is 9.62 Å². The number of halogens is 2. The van der Waals surface area contributed by atoms with Crippen molar-refractivity contribution in [2.24, 2.45) is 0 Å². The molecule has 0 spiro atoms. The number of carbonyl (C=O) groups is 1. The Kier molecular flexibility index (Phi) is 5.65. The number of amides is 1. The molecule has 0 bridgehead atoms. The number of hydrogen-bond acceptors (Lipinski definition) is 3. The molecule has 26 heavy (non-hydrogen) atoms. The smallest absolute Gasteiger partial charge is 0.247 e. The van der Waals surface area contributed by atoms with E-state index in [-0.39, 0.29) is 5.69 Å². The standard InChI is InChI=1S/C18H20F2N2O3S/c1-11-5-6-12(2)17(9-11)22(26(4,24)25)13(3)18(23)21-14-7-8-15(19)16(20)10-14/h5-10,13H,1-4H3,(H,21,23)/t13-/m0/s1. The molecule has 2 aromatic rings. The fraction of sp³-hybridized carbons (Fsp3) is 0.278. The molecule has 0 aromatic heterocycles. The van der Waals surface area contributed by atoms with Crippen molar-refractivity contribution >= 4 is 27.3 Å². The zero-order chi connectivity index (χ0) is 19.6. The van der Waals surface area contributed by atoms with E-state index < -0.39 is 33.6 Å². The highest BCUT2D eigenvalue weighted by atomic mass is 32.2. The third kappa shape index (κ3) is 4.37. The number of benzene rings is 2. The van der Waals surface area contributed by atoms with Gasteiger partial charge in [0, 0.05) is 11.8 Å². The van der Waals surface area contributed by atoms with Crippen LogP contribution in [0, 0.1) is 25.5 Å². The molecule has 8 heteroatoms. The third-order valence-electron chi connectivity index (χ3n) is 3.88. The van der Waals surface area contributed by atoms with Crippen molar-refractivity contribution in [1.82, 2.24) is 0 Å². The van der Waals surface area contributed by atoms with Gasteiger partial charge in [0.2, 0.25) is 15.9 Å². The first-order chi connectivity index (χ1) is 12.0. The second-order valence-electron chi connectivity index (χ2n) is 6.14. The number of aryl methyl sites for hydroxylation is 2. The van der Waals surface area contributed by atoms with E-state index in [0.717, 1.165) is 28.3 Å². The van der Waals surface area contributed by atoms with Gasteiger partial charge >= 0.3 is 0 Å². The summed E-state index contributed by atoms with van der Waals surface area (Å²) in [6.07, 6.45) is 1.01. The Morgan fingerprint density at radius 1 is 1.08 bits per heavy atom. The zero-order valence-corrected chi connectivity index (χ0v) is 15.7. The highest BCUT2D eigenvalue weighted by Gasteiger charge is 2.30. The molecule has 1 amide bonds. The van der Waals surface area contributed by atoms with Crippen molar-refractivity contribution in [3.8, 4) is 0 Å². The lowest BCUT2D eigenvalue weighted by Gasteiger charge is -2.29. The Labute approximate surface area is 151 Å². The van der Waals surface area contributed by atoms with E-state index in [1.165, 1.54) is 13.0 Å².